The number of carboxylic acid groups (broad SMARTS) is 1. The number of hydrogen-bond donors (Lipinski definition) is 1. The molecule has 0 atom stereocenters. The number of hydrogen-bond acceptors (Lipinski definition) is 1. The summed E-state index contributed by atoms with van der Waals surface area (Å²) in [4.78, 5) is 11.8. The van der Waals surface area contributed by atoms with E-state index < -0.39 is 5.97 Å². The van der Waals surface area contributed by atoms with Gasteiger partial charge in [0.25, 0.3) is 0 Å². The van der Waals surface area contributed by atoms with Crippen LogP contribution in [0.5, 0.6) is 0 Å². The molecule has 1 fully saturated rings. The molecule has 0 heterocycles. The van der Waals surface area contributed by atoms with Crippen LogP contribution in [-0.2, 0) is 0 Å². The Labute approximate surface area is 182 Å². The fraction of sp³-hybridized carbons (Fsp3) is 0.464. The van der Waals surface area contributed by atoms with E-state index in [1.807, 2.05) is 12.1 Å². The predicted molar refractivity (Wildman–Crippen MR) is 127 cm³/mol. The number of benzene rings is 2. The van der Waals surface area contributed by atoms with Crippen LogP contribution in [0.25, 0.3) is 17.2 Å². The van der Waals surface area contributed by atoms with Crippen molar-refractivity contribution in [3.63, 3.8) is 0 Å². The van der Waals surface area contributed by atoms with Gasteiger partial charge < -0.3 is 5.11 Å². The summed E-state index contributed by atoms with van der Waals surface area (Å²) in [6.45, 7) is 4.47. The van der Waals surface area contributed by atoms with Crippen LogP contribution in [0, 0.1) is 5.92 Å². The highest BCUT2D eigenvalue weighted by Crippen LogP contribution is 2.38. The second-order valence-corrected chi connectivity index (χ2v) is 8.78. The Balaban J connectivity index is 1.77. The minimum atomic E-state index is -0.871. The van der Waals surface area contributed by atoms with Gasteiger partial charge in [-0.25, -0.2) is 4.79 Å². The topological polar surface area (TPSA) is 37.3 Å². The largest absolute Gasteiger partial charge is 0.478 e. The number of allylic oxidation sites excluding steroid dienone is 1. The zero-order valence-electron chi connectivity index (χ0n) is 18.6. The molecule has 0 spiro atoms. The van der Waals surface area contributed by atoms with Crippen molar-refractivity contribution in [3.8, 4) is 11.1 Å². The molecule has 0 radical (unpaired) electrons. The molecule has 160 valence electrons. The first kappa shape index (κ1) is 22.3. The van der Waals surface area contributed by atoms with E-state index in [0.717, 1.165) is 29.0 Å². The summed E-state index contributed by atoms with van der Waals surface area (Å²) in [5.41, 5.74) is 4.62. The van der Waals surface area contributed by atoms with Gasteiger partial charge in [-0.1, -0.05) is 82.0 Å². The third-order valence-electron chi connectivity index (χ3n) is 6.55. The molecule has 0 amide bonds. The molecule has 1 aliphatic carbocycles. The Morgan fingerprint density at radius 3 is 2.37 bits per heavy atom. The minimum Gasteiger partial charge on any atom is -0.478 e. The van der Waals surface area contributed by atoms with Crippen molar-refractivity contribution in [2.45, 2.75) is 77.6 Å². The van der Waals surface area contributed by atoms with Crippen molar-refractivity contribution in [3.05, 3.63) is 65.2 Å². The average molecular weight is 405 g/mol. The summed E-state index contributed by atoms with van der Waals surface area (Å²) >= 11 is 0. The first-order valence-electron chi connectivity index (χ1n) is 11.8. The molecule has 0 saturated heterocycles. The maximum atomic E-state index is 11.8. The third kappa shape index (κ3) is 5.84. The van der Waals surface area contributed by atoms with Gasteiger partial charge in [0.15, 0.2) is 0 Å². The van der Waals surface area contributed by atoms with Gasteiger partial charge in [0.2, 0.25) is 0 Å². The van der Waals surface area contributed by atoms with Crippen molar-refractivity contribution in [1.82, 2.24) is 0 Å². The molecule has 0 aliphatic heterocycles. The van der Waals surface area contributed by atoms with E-state index in [-0.39, 0.29) is 0 Å². The molecule has 2 heteroatoms. The van der Waals surface area contributed by atoms with Crippen molar-refractivity contribution in [2.24, 2.45) is 5.92 Å². The molecule has 2 aromatic rings. The first-order valence-corrected chi connectivity index (χ1v) is 11.8. The minimum absolute atomic E-state index is 0.369. The quantitative estimate of drug-likeness (QED) is 0.426. The fourth-order valence-corrected chi connectivity index (χ4v) is 4.76. The molecule has 30 heavy (non-hydrogen) atoms. The number of carboxylic acids is 1. The highest BCUT2D eigenvalue weighted by atomic mass is 16.4. The second-order valence-electron chi connectivity index (χ2n) is 8.78. The lowest BCUT2D eigenvalue weighted by molar-refractivity contribution is 0.0697. The van der Waals surface area contributed by atoms with Gasteiger partial charge in [0.05, 0.1) is 5.56 Å². The number of aromatic carboxylic acids is 1. The zero-order chi connectivity index (χ0) is 21.3. The van der Waals surface area contributed by atoms with Crippen molar-refractivity contribution >= 4 is 12.0 Å². The Morgan fingerprint density at radius 1 is 1.00 bits per heavy atom. The SMILES string of the molecule is CCCCC=Cc1ccc(C(=O)O)c(-c2ccc(C3CCC(CCC)CC3)cc2)c1. The average Bonchev–Trinajstić information content (AvgIpc) is 2.77. The summed E-state index contributed by atoms with van der Waals surface area (Å²) in [6.07, 6.45) is 15.6. The normalized spacial score (nSPS) is 19.3. The third-order valence-corrected chi connectivity index (χ3v) is 6.55. The molecular formula is C28H36O2. The van der Waals surface area contributed by atoms with E-state index in [1.54, 1.807) is 6.07 Å². The summed E-state index contributed by atoms with van der Waals surface area (Å²) < 4.78 is 0. The lowest BCUT2D eigenvalue weighted by Gasteiger charge is -2.28. The van der Waals surface area contributed by atoms with Crippen molar-refractivity contribution in [1.29, 1.82) is 0 Å². The maximum Gasteiger partial charge on any atom is 0.336 e. The van der Waals surface area contributed by atoms with Crippen LogP contribution in [0.2, 0.25) is 0 Å². The standard InChI is InChI=1S/C28H36O2/c1-3-5-6-7-9-22-12-19-26(28(29)30)27(20-22)25-17-15-24(16-18-25)23-13-10-21(8-4-2)11-14-23/h7,9,12,15-21,23H,3-6,8,10-11,13-14H2,1-2H3,(H,29,30). The number of unbranched alkanes of at least 4 members (excludes halogenated alkanes) is 2. The van der Waals surface area contributed by atoms with Gasteiger partial charge in [0, 0.05) is 0 Å². The Bertz CT molecular complexity index is 839. The molecule has 0 aromatic heterocycles. The van der Waals surface area contributed by atoms with E-state index >= 15 is 0 Å². The van der Waals surface area contributed by atoms with Crippen LogP contribution in [0.4, 0.5) is 0 Å². The molecule has 2 aromatic carbocycles. The summed E-state index contributed by atoms with van der Waals surface area (Å²) in [7, 11) is 0. The highest BCUT2D eigenvalue weighted by molar-refractivity contribution is 5.96. The van der Waals surface area contributed by atoms with Gasteiger partial charge in [-0.15, -0.1) is 0 Å². The fourth-order valence-electron chi connectivity index (χ4n) is 4.76. The summed E-state index contributed by atoms with van der Waals surface area (Å²) in [5.74, 6) is 0.695. The van der Waals surface area contributed by atoms with E-state index in [9.17, 15) is 9.90 Å². The molecule has 2 nitrogen and oxygen atoms in total. The van der Waals surface area contributed by atoms with Crippen LogP contribution in [-0.4, -0.2) is 11.1 Å². The van der Waals surface area contributed by atoms with Crippen LogP contribution >= 0.6 is 0 Å². The lowest BCUT2D eigenvalue weighted by Crippen LogP contribution is -2.13. The number of carbonyl (C=O) groups is 1. The van der Waals surface area contributed by atoms with Gasteiger partial charge in [-0.05, 0) is 78.3 Å². The Morgan fingerprint density at radius 2 is 1.73 bits per heavy atom. The molecule has 1 N–H and O–H groups in total. The molecule has 1 saturated carbocycles. The van der Waals surface area contributed by atoms with Gasteiger partial charge in [-0.2, -0.15) is 0 Å². The first-order chi connectivity index (χ1) is 14.6. The second kappa shape index (κ2) is 11.2. The van der Waals surface area contributed by atoms with E-state index in [1.165, 1.54) is 56.9 Å². The summed E-state index contributed by atoms with van der Waals surface area (Å²) in [6, 6.07) is 14.3. The molecule has 0 unspecified atom stereocenters. The molecule has 3 rings (SSSR count). The Kier molecular flexibility index (Phi) is 8.30. The zero-order valence-corrected chi connectivity index (χ0v) is 18.6. The molecular weight excluding hydrogens is 368 g/mol. The van der Waals surface area contributed by atoms with E-state index in [2.05, 4.69) is 50.3 Å². The van der Waals surface area contributed by atoms with Crippen LogP contribution < -0.4 is 0 Å². The summed E-state index contributed by atoms with van der Waals surface area (Å²) in [5, 5.41) is 9.67. The van der Waals surface area contributed by atoms with Crippen LogP contribution in [0.3, 0.4) is 0 Å². The molecule has 1 aliphatic rings. The van der Waals surface area contributed by atoms with Gasteiger partial charge >= 0.3 is 5.97 Å². The smallest absolute Gasteiger partial charge is 0.336 e. The van der Waals surface area contributed by atoms with E-state index in [4.69, 9.17) is 0 Å². The van der Waals surface area contributed by atoms with Gasteiger partial charge in [0.1, 0.15) is 0 Å². The maximum absolute atomic E-state index is 11.8. The highest BCUT2D eigenvalue weighted by Gasteiger charge is 2.22. The lowest BCUT2D eigenvalue weighted by atomic mass is 9.77. The molecule has 0 bridgehead atoms. The Hall–Kier alpha value is -2.35. The van der Waals surface area contributed by atoms with Crippen LogP contribution in [0.1, 0.15) is 99.0 Å². The predicted octanol–water partition coefficient (Wildman–Crippen LogP) is 8.33. The number of rotatable bonds is 9. The van der Waals surface area contributed by atoms with E-state index in [0.29, 0.717) is 11.5 Å². The van der Waals surface area contributed by atoms with Crippen LogP contribution in [0.15, 0.2) is 48.5 Å². The van der Waals surface area contributed by atoms with Gasteiger partial charge in [-0.3, -0.25) is 0 Å². The van der Waals surface area contributed by atoms with Crippen molar-refractivity contribution in [2.75, 3.05) is 0 Å². The monoisotopic (exact) mass is 404 g/mol. The van der Waals surface area contributed by atoms with Crippen molar-refractivity contribution < 1.29 is 9.90 Å².